The van der Waals surface area contributed by atoms with E-state index in [4.69, 9.17) is 4.74 Å². The molecule has 0 N–H and O–H groups in total. The van der Waals surface area contributed by atoms with Gasteiger partial charge in [-0.2, -0.15) is 0 Å². The third kappa shape index (κ3) is 1.67. The predicted molar refractivity (Wildman–Crippen MR) is 48.5 cm³/mol. The van der Waals surface area contributed by atoms with E-state index in [1.54, 1.807) is 13.4 Å². The molecular weight excluding hydrogens is 152 g/mol. The molecule has 0 saturated heterocycles. The van der Waals surface area contributed by atoms with Crippen molar-refractivity contribution in [2.45, 2.75) is 20.8 Å². The summed E-state index contributed by atoms with van der Waals surface area (Å²) < 4.78 is 7.06. The molecule has 0 amide bonds. The molecule has 12 heavy (non-hydrogen) atoms. The van der Waals surface area contributed by atoms with Gasteiger partial charge in [-0.05, 0) is 20.8 Å². The van der Waals surface area contributed by atoms with Crippen LogP contribution in [0.1, 0.15) is 19.5 Å². The molecule has 0 radical (unpaired) electrons. The molecule has 0 aliphatic carbocycles. The number of aryl methyl sites for hydroxylation is 1. The second-order valence-corrected chi connectivity index (χ2v) is 2.77. The van der Waals surface area contributed by atoms with Crippen LogP contribution in [-0.4, -0.2) is 16.7 Å². The Morgan fingerprint density at radius 2 is 2.17 bits per heavy atom. The first-order chi connectivity index (χ1) is 5.65. The SMILES string of the molecule is COC(C)=C(C)n1cnc(C)c1. The molecule has 66 valence electrons. The molecule has 3 nitrogen and oxygen atoms in total. The van der Waals surface area contributed by atoms with Gasteiger partial charge >= 0.3 is 0 Å². The lowest BCUT2D eigenvalue weighted by Crippen LogP contribution is -1.94. The van der Waals surface area contributed by atoms with Crippen LogP contribution in [0.15, 0.2) is 18.3 Å². The van der Waals surface area contributed by atoms with E-state index in [-0.39, 0.29) is 0 Å². The highest BCUT2D eigenvalue weighted by Crippen LogP contribution is 2.10. The van der Waals surface area contributed by atoms with E-state index in [1.165, 1.54) is 0 Å². The van der Waals surface area contributed by atoms with Gasteiger partial charge < -0.3 is 9.30 Å². The van der Waals surface area contributed by atoms with Crippen molar-refractivity contribution < 1.29 is 4.74 Å². The van der Waals surface area contributed by atoms with Crippen LogP contribution in [0.3, 0.4) is 0 Å². The first-order valence-corrected chi connectivity index (χ1v) is 3.87. The zero-order chi connectivity index (χ0) is 9.14. The van der Waals surface area contributed by atoms with Crippen LogP contribution in [0.5, 0.6) is 0 Å². The van der Waals surface area contributed by atoms with Crippen LogP contribution in [0.25, 0.3) is 5.70 Å². The maximum Gasteiger partial charge on any atom is 0.112 e. The van der Waals surface area contributed by atoms with Crippen molar-refractivity contribution in [1.82, 2.24) is 9.55 Å². The molecule has 0 atom stereocenters. The molecule has 0 aliphatic rings. The molecule has 0 aromatic carbocycles. The average Bonchev–Trinajstić information content (AvgIpc) is 2.49. The number of nitrogens with zero attached hydrogens (tertiary/aromatic N) is 2. The minimum atomic E-state index is 0.910. The number of ether oxygens (including phenoxy) is 1. The fourth-order valence-electron chi connectivity index (χ4n) is 0.934. The van der Waals surface area contributed by atoms with E-state index in [9.17, 15) is 0 Å². The van der Waals surface area contributed by atoms with E-state index in [0.29, 0.717) is 0 Å². The molecule has 0 spiro atoms. The molecule has 0 saturated carbocycles. The van der Waals surface area contributed by atoms with Gasteiger partial charge in [-0.15, -0.1) is 0 Å². The quantitative estimate of drug-likeness (QED) is 0.629. The summed E-state index contributed by atoms with van der Waals surface area (Å²) in [6.45, 7) is 5.90. The summed E-state index contributed by atoms with van der Waals surface area (Å²) in [5.74, 6) is 0.910. The maximum atomic E-state index is 5.11. The number of imidazole rings is 1. The molecular formula is C9H14N2O. The number of hydrogen-bond acceptors (Lipinski definition) is 2. The van der Waals surface area contributed by atoms with Crippen LogP contribution >= 0.6 is 0 Å². The first-order valence-electron chi connectivity index (χ1n) is 3.87. The summed E-state index contributed by atoms with van der Waals surface area (Å²) in [6, 6.07) is 0. The van der Waals surface area contributed by atoms with E-state index in [1.807, 2.05) is 31.5 Å². The van der Waals surface area contributed by atoms with Crippen molar-refractivity contribution in [2.24, 2.45) is 0 Å². The number of methoxy groups -OCH3 is 1. The minimum absolute atomic E-state index is 0.910. The molecule has 1 aromatic rings. The summed E-state index contributed by atoms with van der Waals surface area (Å²) in [6.07, 6.45) is 3.76. The Labute approximate surface area is 72.7 Å². The van der Waals surface area contributed by atoms with Crippen LogP contribution in [0.4, 0.5) is 0 Å². The molecule has 0 aliphatic heterocycles. The lowest BCUT2D eigenvalue weighted by molar-refractivity contribution is 0.293. The summed E-state index contributed by atoms with van der Waals surface area (Å²) in [7, 11) is 1.67. The van der Waals surface area contributed by atoms with Gasteiger partial charge in [-0.1, -0.05) is 0 Å². The van der Waals surface area contributed by atoms with Crippen molar-refractivity contribution in [3.63, 3.8) is 0 Å². The van der Waals surface area contributed by atoms with E-state index in [0.717, 1.165) is 17.2 Å². The Morgan fingerprint density at radius 3 is 2.58 bits per heavy atom. The van der Waals surface area contributed by atoms with Gasteiger partial charge in [0.25, 0.3) is 0 Å². The van der Waals surface area contributed by atoms with Gasteiger partial charge in [0, 0.05) is 6.20 Å². The van der Waals surface area contributed by atoms with Gasteiger partial charge in [0.15, 0.2) is 0 Å². The number of aromatic nitrogens is 2. The highest BCUT2D eigenvalue weighted by Gasteiger charge is 1.99. The largest absolute Gasteiger partial charge is 0.500 e. The lowest BCUT2D eigenvalue weighted by Gasteiger charge is -2.06. The van der Waals surface area contributed by atoms with Crippen LogP contribution in [0, 0.1) is 6.92 Å². The molecule has 0 fully saturated rings. The second-order valence-electron chi connectivity index (χ2n) is 2.77. The Bertz CT molecular complexity index is 299. The average molecular weight is 166 g/mol. The summed E-state index contributed by atoms with van der Waals surface area (Å²) in [4.78, 5) is 4.13. The van der Waals surface area contributed by atoms with E-state index < -0.39 is 0 Å². The number of rotatable bonds is 2. The monoisotopic (exact) mass is 166 g/mol. The molecule has 1 heterocycles. The summed E-state index contributed by atoms with van der Waals surface area (Å²) >= 11 is 0. The Kier molecular flexibility index (Phi) is 2.53. The van der Waals surface area contributed by atoms with Crippen molar-refractivity contribution in [3.8, 4) is 0 Å². The molecule has 3 heteroatoms. The second kappa shape index (κ2) is 3.43. The predicted octanol–water partition coefficient (Wildman–Crippen LogP) is 2.05. The van der Waals surface area contributed by atoms with Gasteiger partial charge in [-0.3, -0.25) is 0 Å². The Balaban J connectivity index is 2.99. The third-order valence-electron chi connectivity index (χ3n) is 1.91. The first kappa shape index (κ1) is 8.84. The third-order valence-corrected chi connectivity index (χ3v) is 1.91. The van der Waals surface area contributed by atoms with Gasteiger partial charge in [0.2, 0.25) is 0 Å². The summed E-state index contributed by atoms with van der Waals surface area (Å²) in [5.41, 5.74) is 2.08. The zero-order valence-electron chi connectivity index (χ0n) is 7.96. The fourth-order valence-corrected chi connectivity index (χ4v) is 0.934. The van der Waals surface area contributed by atoms with Crippen molar-refractivity contribution in [2.75, 3.05) is 7.11 Å². The van der Waals surface area contributed by atoms with Gasteiger partial charge in [0.1, 0.15) is 5.76 Å². The van der Waals surface area contributed by atoms with Crippen molar-refractivity contribution >= 4 is 5.70 Å². The molecule has 0 bridgehead atoms. The molecule has 1 rings (SSSR count). The fraction of sp³-hybridized carbons (Fsp3) is 0.444. The summed E-state index contributed by atoms with van der Waals surface area (Å²) in [5, 5.41) is 0. The normalized spacial score (nSPS) is 12.7. The van der Waals surface area contributed by atoms with E-state index in [2.05, 4.69) is 4.98 Å². The van der Waals surface area contributed by atoms with Crippen molar-refractivity contribution in [1.29, 1.82) is 0 Å². The number of hydrogen-bond donors (Lipinski definition) is 0. The molecule has 1 aromatic heterocycles. The van der Waals surface area contributed by atoms with Gasteiger partial charge in [-0.25, -0.2) is 4.98 Å². The molecule has 0 unspecified atom stereocenters. The Morgan fingerprint density at radius 1 is 1.50 bits per heavy atom. The highest BCUT2D eigenvalue weighted by molar-refractivity contribution is 5.44. The topological polar surface area (TPSA) is 27.1 Å². The van der Waals surface area contributed by atoms with Crippen LogP contribution < -0.4 is 0 Å². The standard InChI is InChI=1S/C9H14N2O/c1-7-5-11(6-10-7)8(2)9(3)12-4/h5-6H,1-4H3. The van der Waals surface area contributed by atoms with Gasteiger partial charge in [0.05, 0.1) is 24.8 Å². The lowest BCUT2D eigenvalue weighted by atomic mass is 10.4. The minimum Gasteiger partial charge on any atom is -0.500 e. The smallest absolute Gasteiger partial charge is 0.112 e. The van der Waals surface area contributed by atoms with Crippen molar-refractivity contribution in [3.05, 3.63) is 24.0 Å². The number of allylic oxidation sites excluding steroid dienone is 2. The van der Waals surface area contributed by atoms with Crippen LogP contribution in [0.2, 0.25) is 0 Å². The van der Waals surface area contributed by atoms with Crippen LogP contribution in [-0.2, 0) is 4.74 Å². The van der Waals surface area contributed by atoms with E-state index >= 15 is 0 Å². The highest BCUT2D eigenvalue weighted by atomic mass is 16.5. The zero-order valence-corrected chi connectivity index (χ0v) is 7.96. The maximum absolute atomic E-state index is 5.11. The Hall–Kier alpha value is -1.25.